The van der Waals surface area contributed by atoms with Crippen molar-refractivity contribution in [1.82, 2.24) is 20.1 Å². The molecule has 30 heavy (non-hydrogen) atoms. The van der Waals surface area contributed by atoms with Crippen molar-refractivity contribution in [2.45, 2.75) is 46.2 Å². The number of hydrogen-bond acceptors (Lipinski definition) is 5. The van der Waals surface area contributed by atoms with E-state index in [1.807, 2.05) is 0 Å². The molecule has 0 saturated heterocycles. The maximum absolute atomic E-state index is 12.7. The maximum atomic E-state index is 12.7. The fourth-order valence-corrected chi connectivity index (χ4v) is 5.56. The SMILES string of the molecule is C[C@@H]1[C@H]2C[C@@H](C[C@H]1Nc1cnn(CCNC(=O)c3cccnc3)c(=O)c1Br)C2(C)C. The average molecular weight is 474 g/mol. The van der Waals surface area contributed by atoms with E-state index < -0.39 is 0 Å². The Morgan fingerprint density at radius 2 is 2.13 bits per heavy atom. The van der Waals surface area contributed by atoms with Crippen LogP contribution in [0.25, 0.3) is 0 Å². The minimum Gasteiger partial charge on any atom is -0.380 e. The largest absolute Gasteiger partial charge is 0.380 e. The molecule has 3 fully saturated rings. The maximum Gasteiger partial charge on any atom is 0.283 e. The summed E-state index contributed by atoms with van der Waals surface area (Å²) >= 11 is 3.45. The highest BCUT2D eigenvalue weighted by molar-refractivity contribution is 9.10. The number of nitrogens with zero attached hydrogens (tertiary/aromatic N) is 3. The molecule has 3 aliphatic carbocycles. The van der Waals surface area contributed by atoms with E-state index in [0.717, 1.165) is 23.9 Å². The molecule has 4 atom stereocenters. The molecule has 2 aromatic rings. The Morgan fingerprint density at radius 1 is 1.33 bits per heavy atom. The zero-order chi connectivity index (χ0) is 21.5. The third kappa shape index (κ3) is 3.77. The molecule has 3 saturated carbocycles. The molecule has 1 amide bonds. The lowest BCUT2D eigenvalue weighted by Gasteiger charge is -2.62. The number of fused-ring (bicyclic) bond motifs is 2. The van der Waals surface area contributed by atoms with E-state index >= 15 is 0 Å². The lowest BCUT2D eigenvalue weighted by atomic mass is 9.45. The Hall–Kier alpha value is -2.22. The van der Waals surface area contributed by atoms with E-state index in [1.165, 1.54) is 17.3 Å². The molecule has 160 valence electrons. The monoisotopic (exact) mass is 473 g/mol. The lowest BCUT2D eigenvalue weighted by molar-refractivity contribution is -0.105. The molecular formula is C22H28BrN5O2. The van der Waals surface area contributed by atoms with Crippen LogP contribution in [0.2, 0.25) is 0 Å². The number of carbonyl (C=O) groups excluding carboxylic acids is 1. The minimum absolute atomic E-state index is 0.204. The molecule has 0 aliphatic heterocycles. The molecule has 0 aromatic carbocycles. The molecule has 3 aliphatic rings. The summed E-state index contributed by atoms with van der Waals surface area (Å²) in [6.07, 6.45) is 7.27. The highest BCUT2D eigenvalue weighted by atomic mass is 79.9. The molecule has 7 nitrogen and oxygen atoms in total. The molecule has 2 aromatic heterocycles. The first-order valence-corrected chi connectivity index (χ1v) is 11.3. The second-order valence-electron chi connectivity index (χ2n) is 9.10. The zero-order valence-corrected chi connectivity index (χ0v) is 19.1. The fourth-order valence-electron chi connectivity index (χ4n) is 5.14. The van der Waals surface area contributed by atoms with Crippen molar-refractivity contribution in [2.75, 3.05) is 11.9 Å². The molecule has 0 unspecified atom stereocenters. The number of rotatable bonds is 6. The van der Waals surface area contributed by atoms with Crippen LogP contribution in [0.1, 0.15) is 44.0 Å². The van der Waals surface area contributed by atoms with Crippen LogP contribution >= 0.6 is 15.9 Å². The lowest BCUT2D eigenvalue weighted by Crippen LogP contribution is -2.58. The van der Waals surface area contributed by atoms with E-state index in [2.05, 4.69) is 57.4 Å². The number of hydrogen-bond donors (Lipinski definition) is 2. The van der Waals surface area contributed by atoms with Crippen molar-refractivity contribution in [3.05, 3.63) is 51.1 Å². The summed E-state index contributed by atoms with van der Waals surface area (Å²) in [4.78, 5) is 28.8. The minimum atomic E-state index is -0.221. The standard InChI is InChI=1S/C22H28BrN5O2/c1-13-16-9-15(22(16,2)3)10-17(13)27-18-12-26-28(21(30)19(18)23)8-7-25-20(29)14-5-4-6-24-11-14/h4-6,11-13,15-17,27H,7-10H2,1-3H3,(H,25,29)/t13-,15+,16-,17-/m1/s1. The van der Waals surface area contributed by atoms with Crippen LogP contribution in [0.5, 0.6) is 0 Å². The van der Waals surface area contributed by atoms with Gasteiger partial charge in [-0.1, -0.05) is 20.8 Å². The van der Waals surface area contributed by atoms with Gasteiger partial charge in [0.05, 0.1) is 24.0 Å². The summed E-state index contributed by atoms with van der Waals surface area (Å²) < 4.78 is 1.85. The number of amides is 1. The van der Waals surface area contributed by atoms with Gasteiger partial charge in [-0.2, -0.15) is 5.10 Å². The predicted molar refractivity (Wildman–Crippen MR) is 119 cm³/mol. The first kappa shape index (κ1) is 21.0. The van der Waals surface area contributed by atoms with Gasteiger partial charge >= 0.3 is 0 Å². The Kier molecular flexibility index (Phi) is 5.70. The smallest absolute Gasteiger partial charge is 0.283 e. The third-order valence-corrected chi connectivity index (χ3v) is 7.98. The van der Waals surface area contributed by atoms with Crippen LogP contribution in [0.4, 0.5) is 5.69 Å². The highest BCUT2D eigenvalue weighted by Gasteiger charge is 2.56. The summed E-state index contributed by atoms with van der Waals surface area (Å²) in [5, 5.41) is 10.7. The molecule has 5 rings (SSSR count). The molecule has 0 radical (unpaired) electrons. The molecule has 2 bridgehead atoms. The van der Waals surface area contributed by atoms with Gasteiger partial charge in [-0.05, 0) is 64.1 Å². The van der Waals surface area contributed by atoms with Gasteiger partial charge in [0.15, 0.2) is 0 Å². The Bertz CT molecular complexity index is 991. The van der Waals surface area contributed by atoms with E-state index in [9.17, 15) is 9.59 Å². The second-order valence-corrected chi connectivity index (χ2v) is 9.90. The van der Waals surface area contributed by atoms with Crippen molar-refractivity contribution < 1.29 is 4.79 Å². The summed E-state index contributed by atoms with van der Waals surface area (Å²) in [6.45, 7) is 7.67. The van der Waals surface area contributed by atoms with Crippen molar-refractivity contribution >= 4 is 27.5 Å². The van der Waals surface area contributed by atoms with E-state index in [0.29, 0.717) is 40.5 Å². The first-order valence-electron chi connectivity index (χ1n) is 10.5. The summed E-state index contributed by atoms with van der Waals surface area (Å²) in [5.41, 5.74) is 1.45. The summed E-state index contributed by atoms with van der Waals surface area (Å²) in [6, 6.07) is 3.76. The molecule has 8 heteroatoms. The van der Waals surface area contributed by atoms with Crippen molar-refractivity contribution in [3.8, 4) is 0 Å². The number of carbonyl (C=O) groups is 1. The van der Waals surface area contributed by atoms with Crippen molar-refractivity contribution in [1.29, 1.82) is 0 Å². The molecule has 2 heterocycles. The van der Waals surface area contributed by atoms with Crippen LogP contribution in [0, 0.1) is 23.2 Å². The van der Waals surface area contributed by atoms with Crippen molar-refractivity contribution in [3.63, 3.8) is 0 Å². The van der Waals surface area contributed by atoms with Gasteiger partial charge in [0.25, 0.3) is 11.5 Å². The third-order valence-electron chi connectivity index (χ3n) is 7.21. The quantitative estimate of drug-likeness (QED) is 0.671. The molecule has 0 spiro atoms. The number of halogens is 1. The Labute approximate surface area is 184 Å². The second kappa shape index (κ2) is 8.13. The van der Waals surface area contributed by atoms with Gasteiger partial charge in [0, 0.05) is 25.0 Å². The average Bonchev–Trinajstić information content (AvgIpc) is 2.74. The van der Waals surface area contributed by atoms with Crippen LogP contribution in [0.15, 0.2) is 40.0 Å². The Morgan fingerprint density at radius 3 is 2.80 bits per heavy atom. The van der Waals surface area contributed by atoms with Gasteiger partial charge in [0.1, 0.15) is 4.47 Å². The van der Waals surface area contributed by atoms with Crippen LogP contribution in [0.3, 0.4) is 0 Å². The number of anilines is 1. The van der Waals surface area contributed by atoms with Gasteiger partial charge in [-0.3, -0.25) is 14.6 Å². The number of nitrogens with one attached hydrogen (secondary N) is 2. The number of pyridine rings is 1. The van der Waals surface area contributed by atoms with Gasteiger partial charge in [0.2, 0.25) is 0 Å². The van der Waals surface area contributed by atoms with E-state index in [4.69, 9.17) is 0 Å². The van der Waals surface area contributed by atoms with Gasteiger partial charge in [-0.25, -0.2) is 4.68 Å². The predicted octanol–water partition coefficient (Wildman–Crippen LogP) is 3.31. The first-order chi connectivity index (χ1) is 14.3. The fraction of sp³-hybridized carbons (Fsp3) is 0.545. The molecular weight excluding hydrogens is 446 g/mol. The highest BCUT2D eigenvalue weighted by Crippen LogP contribution is 2.61. The van der Waals surface area contributed by atoms with Gasteiger partial charge < -0.3 is 10.6 Å². The van der Waals surface area contributed by atoms with Crippen molar-refractivity contribution in [2.24, 2.45) is 23.2 Å². The zero-order valence-electron chi connectivity index (χ0n) is 17.6. The van der Waals surface area contributed by atoms with E-state index in [1.54, 1.807) is 24.5 Å². The molecule has 2 N–H and O–H groups in total. The van der Waals surface area contributed by atoms with Gasteiger partial charge in [-0.15, -0.1) is 0 Å². The van der Waals surface area contributed by atoms with E-state index in [-0.39, 0.29) is 11.5 Å². The topological polar surface area (TPSA) is 88.9 Å². The summed E-state index contributed by atoms with van der Waals surface area (Å²) in [7, 11) is 0. The normalized spacial score (nSPS) is 26.5. The summed E-state index contributed by atoms with van der Waals surface area (Å²) in [5.74, 6) is 1.80. The van der Waals surface area contributed by atoms with Crippen LogP contribution in [-0.2, 0) is 6.54 Å². The Balaban J connectivity index is 1.37. The number of aromatic nitrogens is 3. The van der Waals surface area contributed by atoms with Crippen LogP contribution < -0.4 is 16.2 Å². The van der Waals surface area contributed by atoms with Crippen LogP contribution in [-0.4, -0.2) is 33.3 Å².